The molecule has 0 N–H and O–H groups in total. The largest absolute Gasteiger partial charge is 0.423 e. The van der Waals surface area contributed by atoms with Crippen molar-refractivity contribution in [1.82, 2.24) is 0 Å². The summed E-state index contributed by atoms with van der Waals surface area (Å²) in [6, 6.07) is 4.74. The first-order valence-corrected chi connectivity index (χ1v) is 8.51. The molecule has 0 bridgehead atoms. The highest BCUT2D eigenvalue weighted by molar-refractivity contribution is 5.91. The van der Waals surface area contributed by atoms with Crippen molar-refractivity contribution in [3.8, 4) is 11.8 Å². The van der Waals surface area contributed by atoms with Crippen molar-refractivity contribution in [3.05, 3.63) is 64.2 Å². The maximum atomic E-state index is 14.4. The second-order valence-corrected chi connectivity index (χ2v) is 6.46. The number of esters is 1. The van der Waals surface area contributed by atoms with Gasteiger partial charge in [0.05, 0.1) is 0 Å². The number of carbonyl (C=O) groups excluding carboxylic acids is 1. The molecule has 0 aliphatic heterocycles. The number of hydrogen-bond acceptors (Lipinski definition) is 3. The van der Waals surface area contributed by atoms with Crippen molar-refractivity contribution in [2.24, 2.45) is 0 Å². The predicted molar refractivity (Wildman–Crippen MR) is 88.2 cm³/mol. The van der Waals surface area contributed by atoms with Gasteiger partial charge in [0.2, 0.25) is 0 Å². The van der Waals surface area contributed by atoms with Crippen LogP contribution >= 0.6 is 0 Å². The van der Waals surface area contributed by atoms with Gasteiger partial charge in [0.25, 0.3) is 0 Å². The second kappa shape index (κ2) is 7.78. The average molecular weight is 377 g/mol. The van der Waals surface area contributed by atoms with E-state index in [1.807, 2.05) is 0 Å². The Morgan fingerprint density at radius 1 is 0.926 bits per heavy atom. The number of carbonyl (C=O) groups is 1. The second-order valence-electron chi connectivity index (χ2n) is 6.46. The molecular weight excluding hydrogens is 362 g/mol. The minimum Gasteiger partial charge on any atom is -0.423 e. The summed E-state index contributed by atoms with van der Waals surface area (Å²) in [5.41, 5.74) is -1.29. The summed E-state index contributed by atoms with van der Waals surface area (Å²) < 4.78 is 60.6. The van der Waals surface area contributed by atoms with Crippen molar-refractivity contribution < 1.29 is 27.1 Å². The first-order valence-electron chi connectivity index (χ1n) is 8.51. The van der Waals surface area contributed by atoms with E-state index in [1.54, 1.807) is 0 Å². The van der Waals surface area contributed by atoms with Crippen molar-refractivity contribution in [3.63, 3.8) is 0 Å². The van der Waals surface area contributed by atoms with E-state index in [0.29, 0.717) is 17.7 Å². The molecule has 3 rings (SSSR count). The molecule has 7 heteroatoms. The minimum absolute atomic E-state index is 0.0366. The molecule has 0 unspecified atom stereocenters. The van der Waals surface area contributed by atoms with E-state index in [-0.39, 0.29) is 5.92 Å². The van der Waals surface area contributed by atoms with E-state index in [0.717, 1.165) is 44.2 Å². The lowest BCUT2D eigenvalue weighted by Crippen LogP contribution is -2.15. The number of benzene rings is 2. The Hall–Kier alpha value is -2.88. The summed E-state index contributed by atoms with van der Waals surface area (Å²) in [4.78, 5) is 12.1. The fraction of sp³-hybridized carbons (Fsp3) is 0.300. The molecule has 0 heterocycles. The zero-order chi connectivity index (χ0) is 19.6. The number of rotatable bonds is 3. The van der Waals surface area contributed by atoms with E-state index in [2.05, 4.69) is 0 Å². The Bertz CT molecular complexity index is 884. The zero-order valence-electron chi connectivity index (χ0n) is 14.2. The summed E-state index contributed by atoms with van der Waals surface area (Å²) in [6.45, 7) is 0. The van der Waals surface area contributed by atoms with Gasteiger partial charge >= 0.3 is 5.97 Å². The molecule has 2 aromatic rings. The highest BCUT2D eigenvalue weighted by Crippen LogP contribution is 2.34. The maximum absolute atomic E-state index is 14.4. The van der Waals surface area contributed by atoms with Gasteiger partial charge in [-0.05, 0) is 36.5 Å². The third-order valence-corrected chi connectivity index (χ3v) is 4.68. The first-order chi connectivity index (χ1) is 12.9. The van der Waals surface area contributed by atoms with Crippen LogP contribution in [0.15, 0.2) is 24.3 Å². The predicted octanol–water partition coefficient (Wildman–Crippen LogP) is 5.38. The first kappa shape index (κ1) is 18.9. The number of ether oxygens (including phenoxy) is 1. The number of nitriles is 1. The van der Waals surface area contributed by atoms with Crippen LogP contribution in [0.1, 0.15) is 59.5 Å². The topological polar surface area (TPSA) is 50.1 Å². The Morgan fingerprint density at radius 3 is 2.00 bits per heavy atom. The number of hydrogen-bond donors (Lipinski definition) is 0. The quantitative estimate of drug-likeness (QED) is 0.410. The van der Waals surface area contributed by atoms with Crippen molar-refractivity contribution in [1.29, 1.82) is 5.26 Å². The Morgan fingerprint density at radius 2 is 1.48 bits per heavy atom. The molecular formula is C20H15F4NO2. The van der Waals surface area contributed by atoms with Gasteiger partial charge in [-0.15, -0.1) is 0 Å². The molecule has 140 valence electrons. The summed E-state index contributed by atoms with van der Waals surface area (Å²) >= 11 is 0. The Kier molecular flexibility index (Phi) is 5.45. The van der Waals surface area contributed by atoms with Crippen LogP contribution in [0.25, 0.3) is 0 Å². The van der Waals surface area contributed by atoms with Gasteiger partial charge in [0.15, 0.2) is 0 Å². The highest BCUT2D eigenvalue weighted by Gasteiger charge is 2.25. The van der Waals surface area contributed by atoms with E-state index < -0.39 is 46.1 Å². The van der Waals surface area contributed by atoms with Gasteiger partial charge < -0.3 is 4.74 Å². The van der Waals surface area contributed by atoms with Crippen LogP contribution in [0, 0.1) is 34.6 Å². The van der Waals surface area contributed by atoms with Crippen LogP contribution < -0.4 is 4.74 Å². The van der Waals surface area contributed by atoms with Gasteiger partial charge in [0.1, 0.15) is 46.2 Å². The average Bonchev–Trinajstić information content (AvgIpc) is 2.61. The maximum Gasteiger partial charge on any atom is 0.349 e. The van der Waals surface area contributed by atoms with Crippen molar-refractivity contribution in [2.75, 3.05) is 0 Å². The fourth-order valence-corrected chi connectivity index (χ4v) is 3.33. The highest BCUT2D eigenvalue weighted by atomic mass is 19.1. The lowest BCUT2D eigenvalue weighted by atomic mass is 9.84. The number of nitrogens with zero attached hydrogens (tertiary/aromatic N) is 1. The van der Waals surface area contributed by atoms with E-state index >= 15 is 0 Å². The molecule has 0 saturated heterocycles. The van der Waals surface area contributed by atoms with Gasteiger partial charge in [-0.25, -0.2) is 22.4 Å². The third kappa shape index (κ3) is 3.95. The van der Waals surface area contributed by atoms with Crippen LogP contribution in [-0.4, -0.2) is 5.97 Å². The molecule has 1 aliphatic carbocycles. The smallest absolute Gasteiger partial charge is 0.349 e. The van der Waals surface area contributed by atoms with Gasteiger partial charge in [0, 0.05) is 12.1 Å². The van der Waals surface area contributed by atoms with Crippen LogP contribution in [0.3, 0.4) is 0 Å². The van der Waals surface area contributed by atoms with Crippen molar-refractivity contribution >= 4 is 5.97 Å². The van der Waals surface area contributed by atoms with E-state index in [1.165, 1.54) is 6.07 Å². The summed E-state index contributed by atoms with van der Waals surface area (Å²) in [7, 11) is 0. The van der Waals surface area contributed by atoms with Crippen LogP contribution in [0.4, 0.5) is 17.6 Å². The molecule has 0 amide bonds. The molecule has 3 nitrogen and oxygen atoms in total. The van der Waals surface area contributed by atoms with Crippen LogP contribution in [0.2, 0.25) is 0 Å². The molecule has 27 heavy (non-hydrogen) atoms. The molecule has 0 spiro atoms. The summed E-state index contributed by atoms with van der Waals surface area (Å²) in [5, 5.41) is 8.62. The van der Waals surface area contributed by atoms with Crippen LogP contribution in [-0.2, 0) is 0 Å². The van der Waals surface area contributed by atoms with Gasteiger partial charge in [-0.1, -0.05) is 19.3 Å². The zero-order valence-corrected chi connectivity index (χ0v) is 14.2. The Balaban J connectivity index is 1.86. The third-order valence-electron chi connectivity index (χ3n) is 4.68. The lowest BCUT2D eigenvalue weighted by Gasteiger charge is -2.22. The molecule has 1 fully saturated rings. The molecule has 1 aliphatic rings. The standard InChI is InChI=1S/C20H15F4NO2/c21-15-8-13(9-16(22)14(15)10-25)27-20(26)19-17(23)6-12(7-18(19)24)11-4-2-1-3-5-11/h6-9,11H,1-5H2. The normalized spacial score (nSPS) is 14.6. The molecule has 0 aromatic heterocycles. The fourth-order valence-electron chi connectivity index (χ4n) is 3.33. The summed E-state index contributed by atoms with van der Waals surface area (Å²) in [6.07, 6.45) is 4.70. The minimum atomic E-state index is -1.41. The monoisotopic (exact) mass is 377 g/mol. The Labute approximate surface area is 153 Å². The molecule has 2 aromatic carbocycles. The molecule has 0 atom stereocenters. The summed E-state index contributed by atoms with van der Waals surface area (Å²) in [5.74, 6) is -6.63. The van der Waals surface area contributed by atoms with E-state index in [9.17, 15) is 22.4 Å². The van der Waals surface area contributed by atoms with Gasteiger partial charge in [-0.3, -0.25) is 0 Å². The van der Waals surface area contributed by atoms with Crippen LogP contribution in [0.5, 0.6) is 5.75 Å². The molecule has 1 saturated carbocycles. The van der Waals surface area contributed by atoms with E-state index in [4.69, 9.17) is 10.00 Å². The lowest BCUT2D eigenvalue weighted by molar-refractivity contribution is 0.0723. The van der Waals surface area contributed by atoms with Crippen molar-refractivity contribution in [2.45, 2.75) is 38.0 Å². The number of halogens is 4. The van der Waals surface area contributed by atoms with Gasteiger partial charge in [-0.2, -0.15) is 5.26 Å². The SMILES string of the molecule is N#Cc1c(F)cc(OC(=O)c2c(F)cc(C3CCCCC3)cc2F)cc1F. The molecule has 0 radical (unpaired) electrons.